The smallest absolute Gasteiger partial charge is 0.125 e. The van der Waals surface area contributed by atoms with E-state index >= 15 is 0 Å². The van der Waals surface area contributed by atoms with Crippen LogP contribution in [0.2, 0.25) is 0 Å². The lowest BCUT2D eigenvalue weighted by atomic mass is 9.91. The fraction of sp³-hybridized carbons (Fsp3) is 0.556. The highest BCUT2D eigenvalue weighted by Gasteiger charge is 2.23. The van der Waals surface area contributed by atoms with E-state index in [-0.39, 0.29) is 0 Å². The highest BCUT2D eigenvalue weighted by atomic mass is 15.3. The summed E-state index contributed by atoms with van der Waals surface area (Å²) in [7, 11) is 3.95. The first-order valence-electron chi connectivity index (χ1n) is 8.43. The van der Waals surface area contributed by atoms with Crippen LogP contribution in [0.25, 0.3) is 0 Å². The van der Waals surface area contributed by atoms with Gasteiger partial charge in [0.05, 0.1) is 5.69 Å². The van der Waals surface area contributed by atoms with Gasteiger partial charge in [-0.25, -0.2) is 4.98 Å². The molecule has 2 aromatic heterocycles. The van der Waals surface area contributed by atoms with Crippen molar-refractivity contribution in [2.75, 3.05) is 25.5 Å². The van der Waals surface area contributed by atoms with E-state index in [0.29, 0.717) is 5.92 Å². The summed E-state index contributed by atoms with van der Waals surface area (Å²) in [5.41, 5.74) is 5.23. The summed E-state index contributed by atoms with van der Waals surface area (Å²) >= 11 is 0. The first-order chi connectivity index (χ1) is 11.1. The van der Waals surface area contributed by atoms with E-state index in [1.807, 2.05) is 25.0 Å². The van der Waals surface area contributed by atoms with Crippen LogP contribution >= 0.6 is 0 Å². The molecule has 0 radical (unpaired) electrons. The van der Waals surface area contributed by atoms with Gasteiger partial charge in [0.15, 0.2) is 0 Å². The lowest BCUT2D eigenvalue weighted by molar-refractivity contribution is 0.199. The minimum absolute atomic E-state index is 0.594. The van der Waals surface area contributed by atoms with Crippen molar-refractivity contribution in [2.45, 2.75) is 39.2 Å². The van der Waals surface area contributed by atoms with Crippen LogP contribution in [-0.4, -0.2) is 39.8 Å². The molecule has 1 aliphatic rings. The number of nitrogens with zero attached hydrogens (tertiary/aromatic N) is 4. The second kappa shape index (κ2) is 6.71. The minimum atomic E-state index is 0.594. The normalized spacial score (nSPS) is 19.0. The Morgan fingerprint density at radius 1 is 1.35 bits per heavy atom. The maximum Gasteiger partial charge on any atom is 0.125 e. The summed E-state index contributed by atoms with van der Waals surface area (Å²) in [5.74, 6) is 1.55. The molecular formula is C18H27N5. The lowest BCUT2D eigenvalue weighted by Gasteiger charge is -2.33. The van der Waals surface area contributed by atoms with Gasteiger partial charge in [-0.05, 0) is 56.8 Å². The Balaban J connectivity index is 1.73. The number of anilines is 1. The van der Waals surface area contributed by atoms with E-state index in [1.165, 1.54) is 36.2 Å². The van der Waals surface area contributed by atoms with Crippen LogP contribution in [0.15, 0.2) is 18.3 Å². The van der Waals surface area contributed by atoms with E-state index in [9.17, 15) is 0 Å². The minimum Gasteiger partial charge on any atom is -0.373 e. The molecule has 0 amide bonds. The molecule has 0 aromatic carbocycles. The van der Waals surface area contributed by atoms with E-state index in [1.54, 1.807) is 0 Å². The molecule has 2 aromatic rings. The van der Waals surface area contributed by atoms with Gasteiger partial charge in [-0.15, -0.1) is 0 Å². The van der Waals surface area contributed by atoms with E-state index in [0.717, 1.165) is 24.6 Å². The molecule has 124 valence electrons. The first-order valence-corrected chi connectivity index (χ1v) is 8.43. The Morgan fingerprint density at radius 2 is 2.17 bits per heavy atom. The quantitative estimate of drug-likeness (QED) is 0.943. The Labute approximate surface area is 138 Å². The average Bonchev–Trinajstić information content (AvgIpc) is 2.81. The number of piperidine rings is 1. The first kappa shape index (κ1) is 16.0. The van der Waals surface area contributed by atoms with Crippen molar-refractivity contribution < 1.29 is 0 Å². The molecule has 3 rings (SSSR count). The van der Waals surface area contributed by atoms with Gasteiger partial charge in [-0.1, -0.05) is 0 Å². The number of likely N-dealkylation sites (tertiary alicyclic amines) is 1. The van der Waals surface area contributed by atoms with Gasteiger partial charge in [0.2, 0.25) is 0 Å². The Bertz CT molecular complexity index is 676. The molecule has 0 bridgehead atoms. The van der Waals surface area contributed by atoms with Crippen molar-refractivity contribution in [3.8, 4) is 0 Å². The second-order valence-corrected chi connectivity index (χ2v) is 6.57. The van der Waals surface area contributed by atoms with Crippen molar-refractivity contribution in [1.82, 2.24) is 19.7 Å². The average molecular weight is 313 g/mol. The zero-order valence-electron chi connectivity index (χ0n) is 14.6. The van der Waals surface area contributed by atoms with Crippen LogP contribution in [0.1, 0.15) is 41.3 Å². The number of aryl methyl sites for hydroxylation is 2. The number of hydrogen-bond donors (Lipinski definition) is 1. The molecule has 5 heteroatoms. The second-order valence-electron chi connectivity index (χ2n) is 6.57. The van der Waals surface area contributed by atoms with Crippen molar-refractivity contribution in [3.63, 3.8) is 0 Å². The van der Waals surface area contributed by atoms with Gasteiger partial charge in [0.1, 0.15) is 5.82 Å². The van der Waals surface area contributed by atoms with Crippen molar-refractivity contribution in [3.05, 3.63) is 40.8 Å². The van der Waals surface area contributed by atoms with Crippen LogP contribution in [0.5, 0.6) is 0 Å². The number of hydrogen-bond acceptors (Lipinski definition) is 4. The topological polar surface area (TPSA) is 46.0 Å². The Morgan fingerprint density at radius 3 is 2.87 bits per heavy atom. The predicted molar refractivity (Wildman–Crippen MR) is 93.7 cm³/mol. The van der Waals surface area contributed by atoms with Crippen LogP contribution in [0.3, 0.4) is 0 Å². The molecule has 0 unspecified atom stereocenters. The van der Waals surface area contributed by atoms with Crippen LogP contribution in [-0.2, 0) is 13.6 Å². The molecule has 0 saturated carbocycles. The molecule has 1 atom stereocenters. The summed E-state index contributed by atoms with van der Waals surface area (Å²) in [4.78, 5) is 6.90. The Hall–Kier alpha value is -1.88. The van der Waals surface area contributed by atoms with E-state index in [4.69, 9.17) is 0 Å². The molecule has 0 aliphatic carbocycles. The van der Waals surface area contributed by atoms with E-state index in [2.05, 4.69) is 46.3 Å². The van der Waals surface area contributed by atoms with Gasteiger partial charge < -0.3 is 5.32 Å². The highest BCUT2D eigenvalue weighted by Crippen LogP contribution is 2.29. The number of rotatable bonds is 4. The van der Waals surface area contributed by atoms with E-state index < -0.39 is 0 Å². The molecule has 1 N–H and O–H groups in total. The zero-order valence-corrected chi connectivity index (χ0v) is 14.6. The molecular weight excluding hydrogens is 286 g/mol. The fourth-order valence-electron chi connectivity index (χ4n) is 3.58. The highest BCUT2D eigenvalue weighted by molar-refractivity contribution is 5.38. The predicted octanol–water partition coefficient (Wildman–Crippen LogP) is 2.85. The van der Waals surface area contributed by atoms with Crippen molar-refractivity contribution in [2.24, 2.45) is 7.05 Å². The number of aromatic nitrogens is 3. The van der Waals surface area contributed by atoms with Gasteiger partial charge in [0, 0.05) is 44.6 Å². The van der Waals surface area contributed by atoms with Crippen LogP contribution in [0.4, 0.5) is 5.82 Å². The summed E-state index contributed by atoms with van der Waals surface area (Å²) in [6.07, 6.45) is 4.42. The number of nitrogens with one attached hydrogen (secondary N) is 1. The van der Waals surface area contributed by atoms with Crippen LogP contribution < -0.4 is 5.32 Å². The molecule has 23 heavy (non-hydrogen) atoms. The fourth-order valence-corrected chi connectivity index (χ4v) is 3.58. The van der Waals surface area contributed by atoms with Crippen molar-refractivity contribution >= 4 is 5.82 Å². The van der Waals surface area contributed by atoms with Crippen molar-refractivity contribution in [1.29, 1.82) is 0 Å². The molecule has 3 heterocycles. The molecule has 5 nitrogen and oxygen atoms in total. The van der Waals surface area contributed by atoms with Gasteiger partial charge >= 0.3 is 0 Å². The third kappa shape index (κ3) is 3.39. The summed E-state index contributed by atoms with van der Waals surface area (Å²) in [5, 5.41) is 7.69. The maximum atomic E-state index is 4.55. The Kier molecular flexibility index (Phi) is 4.66. The maximum absolute atomic E-state index is 4.55. The SMILES string of the molecule is CNc1cc([C@H]2CCCN(Cc3c(C)nn(C)c3C)C2)ccn1. The summed E-state index contributed by atoms with van der Waals surface area (Å²) in [6.45, 7) is 7.58. The molecule has 1 saturated heterocycles. The lowest BCUT2D eigenvalue weighted by Crippen LogP contribution is -2.34. The standard InChI is InChI=1S/C18H27N5/c1-13-17(14(2)22(4)21-13)12-23-9-5-6-16(11-23)15-7-8-20-18(10-15)19-3/h7-8,10,16H,5-6,9,11-12H2,1-4H3,(H,19,20)/t16-/m0/s1. The van der Waals surface area contributed by atoms with Gasteiger partial charge in [0.25, 0.3) is 0 Å². The molecule has 1 aliphatic heterocycles. The number of pyridine rings is 1. The monoisotopic (exact) mass is 313 g/mol. The van der Waals surface area contributed by atoms with Gasteiger partial charge in [-0.3, -0.25) is 9.58 Å². The molecule has 0 spiro atoms. The summed E-state index contributed by atoms with van der Waals surface area (Å²) < 4.78 is 1.99. The molecule has 1 fully saturated rings. The largest absolute Gasteiger partial charge is 0.373 e. The zero-order chi connectivity index (χ0) is 16.4. The summed E-state index contributed by atoms with van der Waals surface area (Å²) in [6, 6.07) is 4.35. The van der Waals surface area contributed by atoms with Gasteiger partial charge in [-0.2, -0.15) is 5.10 Å². The third-order valence-corrected chi connectivity index (χ3v) is 5.06. The third-order valence-electron chi connectivity index (χ3n) is 5.06. The van der Waals surface area contributed by atoms with Crippen LogP contribution in [0, 0.1) is 13.8 Å².